The van der Waals surface area contributed by atoms with Crippen molar-refractivity contribution in [3.63, 3.8) is 0 Å². The smallest absolute Gasteiger partial charge is 0.124 e. The molecule has 13 heavy (non-hydrogen) atoms. The van der Waals surface area contributed by atoms with E-state index in [9.17, 15) is 0 Å². The number of hydrogen-bond acceptors (Lipinski definition) is 1. The van der Waals surface area contributed by atoms with Crippen LogP contribution in [0.5, 0.6) is 5.75 Å². The summed E-state index contributed by atoms with van der Waals surface area (Å²) in [6.45, 7) is 7.66. The molecule has 0 aliphatic heterocycles. The quantitative estimate of drug-likeness (QED) is 0.733. The van der Waals surface area contributed by atoms with E-state index in [0.717, 1.165) is 15.8 Å². The summed E-state index contributed by atoms with van der Waals surface area (Å²) in [4.78, 5) is 0. The van der Waals surface area contributed by atoms with Gasteiger partial charge in [0.2, 0.25) is 0 Å². The first-order chi connectivity index (χ1) is 6.13. The first-order valence-electron chi connectivity index (χ1n) is 4.19. The van der Waals surface area contributed by atoms with Crippen LogP contribution in [0.4, 0.5) is 0 Å². The SMILES string of the molecule is C=CC(C)Oc1cc(Br)ccc1C. The molecule has 70 valence electrons. The third kappa shape index (κ3) is 2.88. The van der Waals surface area contributed by atoms with Crippen LogP contribution in [0.2, 0.25) is 0 Å². The van der Waals surface area contributed by atoms with Gasteiger partial charge in [0.05, 0.1) is 0 Å². The Morgan fingerprint density at radius 1 is 1.54 bits per heavy atom. The Morgan fingerprint density at radius 3 is 2.85 bits per heavy atom. The lowest BCUT2D eigenvalue weighted by atomic mass is 10.2. The minimum absolute atomic E-state index is 0.0491. The summed E-state index contributed by atoms with van der Waals surface area (Å²) >= 11 is 3.40. The lowest BCUT2D eigenvalue weighted by molar-refractivity contribution is 0.268. The molecule has 1 aromatic carbocycles. The standard InChI is InChI=1S/C11H13BrO/c1-4-9(3)13-11-7-10(12)6-5-8(11)2/h4-7,9H,1H2,2-3H3. The fourth-order valence-corrected chi connectivity index (χ4v) is 1.29. The van der Waals surface area contributed by atoms with Gasteiger partial charge in [0, 0.05) is 4.47 Å². The summed E-state index contributed by atoms with van der Waals surface area (Å²) in [7, 11) is 0. The van der Waals surface area contributed by atoms with E-state index in [4.69, 9.17) is 4.74 Å². The molecule has 0 aliphatic rings. The van der Waals surface area contributed by atoms with Crippen LogP contribution in [0, 0.1) is 6.92 Å². The number of aryl methyl sites for hydroxylation is 1. The normalized spacial score (nSPS) is 12.2. The summed E-state index contributed by atoms with van der Waals surface area (Å²) in [5, 5.41) is 0. The van der Waals surface area contributed by atoms with Gasteiger partial charge in [0.15, 0.2) is 0 Å². The van der Waals surface area contributed by atoms with E-state index >= 15 is 0 Å². The number of ether oxygens (including phenoxy) is 1. The molecule has 0 fully saturated rings. The van der Waals surface area contributed by atoms with E-state index in [-0.39, 0.29) is 6.10 Å². The highest BCUT2D eigenvalue weighted by Gasteiger charge is 2.02. The molecule has 1 rings (SSSR count). The number of halogens is 1. The zero-order valence-corrected chi connectivity index (χ0v) is 9.47. The number of hydrogen-bond donors (Lipinski definition) is 0. The van der Waals surface area contributed by atoms with E-state index < -0.39 is 0 Å². The van der Waals surface area contributed by atoms with Crippen molar-refractivity contribution in [2.45, 2.75) is 20.0 Å². The lowest BCUT2D eigenvalue weighted by Gasteiger charge is -2.12. The van der Waals surface area contributed by atoms with Crippen molar-refractivity contribution in [1.82, 2.24) is 0 Å². The second kappa shape index (κ2) is 4.47. The second-order valence-corrected chi connectivity index (χ2v) is 3.88. The van der Waals surface area contributed by atoms with Gasteiger partial charge in [0.25, 0.3) is 0 Å². The van der Waals surface area contributed by atoms with Crippen LogP contribution < -0.4 is 4.74 Å². The molecule has 0 bridgehead atoms. The van der Waals surface area contributed by atoms with Crippen molar-refractivity contribution in [3.05, 3.63) is 40.9 Å². The molecule has 0 saturated carbocycles. The Balaban J connectivity index is 2.86. The first kappa shape index (κ1) is 10.3. The molecule has 0 spiro atoms. The van der Waals surface area contributed by atoms with Crippen molar-refractivity contribution in [1.29, 1.82) is 0 Å². The first-order valence-corrected chi connectivity index (χ1v) is 4.98. The van der Waals surface area contributed by atoms with Gasteiger partial charge < -0.3 is 4.74 Å². The molecule has 0 N–H and O–H groups in total. The molecular weight excluding hydrogens is 228 g/mol. The molecule has 0 saturated heterocycles. The molecule has 0 aromatic heterocycles. The second-order valence-electron chi connectivity index (χ2n) is 2.97. The van der Waals surface area contributed by atoms with Crippen molar-refractivity contribution in [2.75, 3.05) is 0 Å². The lowest BCUT2D eigenvalue weighted by Crippen LogP contribution is -2.08. The van der Waals surface area contributed by atoms with Crippen LogP contribution >= 0.6 is 15.9 Å². The Hall–Kier alpha value is -0.760. The average Bonchev–Trinajstić information content (AvgIpc) is 2.11. The van der Waals surface area contributed by atoms with E-state index in [1.807, 2.05) is 32.0 Å². The van der Waals surface area contributed by atoms with Crippen LogP contribution in [0.3, 0.4) is 0 Å². The van der Waals surface area contributed by atoms with Crippen LogP contribution in [0.1, 0.15) is 12.5 Å². The van der Waals surface area contributed by atoms with Crippen LogP contribution in [-0.4, -0.2) is 6.10 Å². The highest BCUT2D eigenvalue weighted by Crippen LogP contribution is 2.23. The molecule has 0 radical (unpaired) electrons. The molecular formula is C11H13BrO. The van der Waals surface area contributed by atoms with Gasteiger partial charge in [-0.2, -0.15) is 0 Å². The maximum Gasteiger partial charge on any atom is 0.124 e. The van der Waals surface area contributed by atoms with Crippen molar-refractivity contribution in [2.24, 2.45) is 0 Å². The van der Waals surface area contributed by atoms with Crippen LogP contribution in [-0.2, 0) is 0 Å². The summed E-state index contributed by atoms with van der Waals surface area (Å²) in [5.74, 6) is 0.904. The zero-order valence-electron chi connectivity index (χ0n) is 7.88. The fourth-order valence-electron chi connectivity index (χ4n) is 0.949. The summed E-state index contributed by atoms with van der Waals surface area (Å²) in [6, 6.07) is 5.99. The molecule has 1 atom stereocenters. The molecule has 0 heterocycles. The van der Waals surface area contributed by atoms with Crippen LogP contribution in [0.25, 0.3) is 0 Å². The van der Waals surface area contributed by atoms with Gasteiger partial charge in [-0.25, -0.2) is 0 Å². The largest absolute Gasteiger partial charge is 0.486 e. The number of rotatable bonds is 3. The molecule has 0 amide bonds. The average molecular weight is 241 g/mol. The third-order valence-electron chi connectivity index (χ3n) is 1.79. The third-order valence-corrected chi connectivity index (χ3v) is 2.29. The molecule has 2 heteroatoms. The number of benzene rings is 1. The van der Waals surface area contributed by atoms with Gasteiger partial charge >= 0.3 is 0 Å². The minimum atomic E-state index is 0.0491. The van der Waals surface area contributed by atoms with E-state index in [2.05, 4.69) is 22.5 Å². The van der Waals surface area contributed by atoms with Gasteiger partial charge in [-0.15, -0.1) is 0 Å². The van der Waals surface area contributed by atoms with Crippen molar-refractivity contribution < 1.29 is 4.74 Å². The van der Waals surface area contributed by atoms with Gasteiger partial charge in [-0.05, 0) is 31.5 Å². The minimum Gasteiger partial charge on any atom is -0.486 e. The Kier molecular flexibility index (Phi) is 3.55. The molecule has 1 aromatic rings. The zero-order chi connectivity index (χ0) is 9.84. The Bertz CT molecular complexity index is 307. The predicted molar refractivity (Wildman–Crippen MR) is 59.2 cm³/mol. The molecule has 1 unspecified atom stereocenters. The molecule has 0 aliphatic carbocycles. The maximum absolute atomic E-state index is 5.63. The monoisotopic (exact) mass is 240 g/mol. The summed E-state index contributed by atoms with van der Waals surface area (Å²) in [6.07, 6.45) is 1.83. The van der Waals surface area contributed by atoms with E-state index in [1.165, 1.54) is 0 Å². The van der Waals surface area contributed by atoms with Gasteiger partial charge in [0.1, 0.15) is 11.9 Å². The predicted octanol–water partition coefficient (Wildman–Crippen LogP) is 3.71. The Morgan fingerprint density at radius 2 is 2.23 bits per heavy atom. The van der Waals surface area contributed by atoms with E-state index in [1.54, 1.807) is 6.08 Å². The fraction of sp³-hybridized carbons (Fsp3) is 0.273. The molecule has 1 nitrogen and oxygen atoms in total. The highest BCUT2D eigenvalue weighted by atomic mass is 79.9. The highest BCUT2D eigenvalue weighted by molar-refractivity contribution is 9.10. The van der Waals surface area contributed by atoms with Crippen LogP contribution in [0.15, 0.2) is 35.3 Å². The summed E-state index contributed by atoms with van der Waals surface area (Å²) in [5.41, 5.74) is 1.14. The maximum atomic E-state index is 5.63. The van der Waals surface area contributed by atoms with Gasteiger partial charge in [-0.1, -0.05) is 34.7 Å². The van der Waals surface area contributed by atoms with Crippen molar-refractivity contribution in [3.8, 4) is 5.75 Å². The van der Waals surface area contributed by atoms with Gasteiger partial charge in [-0.3, -0.25) is 0 Å². The topological polar surface area (TPSA) is 9.23 Å². The van der Waals surface area contributed by atoms with Crippen molar-refractivity contribution >= 4 is 15.9 Å². The Labute approximate surface area is 87.5 Å². The summed E-state index contributed by atoms with van der Waals surface area (Å²) < 4.78 is 6.66. The van der Waals surface area contributed by atoms with E-state index in [0.29, 0.717) is 0 Å².